The molecule has 19 heavy (non-hydrogen) atoms. The van der Waals surface area contributed by atoms with Crippen LogP contribution in [0.25, 0.3) is 0 Å². The topological polar surface area (TPSA) is 62.2 Å². The van der Waals surface area contributed by atoms with Crippen LogP contribution in [0.3, 0.4) is 0 Å². The van der Waals surface area contributed by atoms with Crippen molar-refractivity contribution in [3.05, 3.63) is 22.8 Å². The molecule has 1 aromatic rings. The Morgan fingerprint density at radius 2 is 2.37 bits per heavy atom. The molecule has 4 nitrogen and oxygen atoms in total. The second kappa shape index (κ2) is 6.48. The van der Waals surface area contributed by atoms with E-state index in [-0.39, 0.29) is 5.56 Å². The molecular weight excluding hydrogens is 284 g/mol. The lowest BCUT2D eigenvalue weighted by Crippen LogP contribution is -2.29. The average Bonchev–Trinajstić information content (AvgIpc) is 2.41. The Labute approximate surface area is 121 Å². The van der Waals surface area contributed by atoms with E-state index >= 15 is 0 Å². The maximum atomic E-state index is 10.8. The number of carboxylic acid groups (broad SMARTS) is 1. The van der Waals surface area contributed by atoms with Crippen molar-refractivity contribution in [3.63, 3.8) is 0 Å². The van der Waals surface area contributed by atoms with Crippen molar-refractivity contribution in [1.29, 1.82) is 0 Å². The molecule has 1 fully saturated rings. The summed E-state index contributed by atoms with van der Waals surface area (Å²) in [4.78, 5) is 14.9. The van der Waals surface area contributed by atoms with Gasteiger partial charge < -0.3 is 10.4 Å². The predicted octanol–water partition coefficient (Wildman–Crippen LogP) is 3.52. The van der Waals surface area contributed by atoms with Crippen molar-refractivity contribution in [3.8, 4) is 0 Å². The van der Waals surface area contributed by atoms with Crippen LogP contribution >= 0.6 is 23.4 Å². The number of carbonyl (C=O) groups is 1. The number of anilines is 1. The summed E-state index contributed by atoms with van der Waals surface area (Å²) >= 11 is 7.97. The van der Waals surface area contributed by atoms with Crippen molar-refractivity contribution >= 4 is 35.1 Å². The molecule has 0 saturated heterocycles. The number of rotatable bonds is 4. The van der Waals surface area contributed by atoms with Crippen molar-refractivity contribution in [1.82, 2.24) is 4.98 Å². The lowest BCUT2D eigenvalue weighted by molar-refractivity contribution is 0.0696. The zero-order valence-corrected chi connectivity index (χ0v) is 12.3. The standard InChI is InChI=1S/C13H17ClN2O2S/c1-19-10-4-2-3-9(6-10)16-12-11(14)5-8(7-15-12)13(17)18/h5,7,9-10H,2-4,6H2,1H3,(H,15,16)(H,17,18). The Bertz CT molecular complexity index is 470. The molecule has 1 saturated carbocycles. The lowest BCUT2D eigenvalue weighted by atomic mass is 9.95. The summed E-state index contributed by atoms with van der Waals surface area (Å²) in [5.41, 5.74) is 0.112. The molecule has 2 rings (SSSR count). The van der Waals surface area contributed by atoms with Gasteiger partial charge in [-0.05, 0) is 31.6 Å². The Balaban J connectivity index is 2.04. The molecule has 0 aromatic carbocycles. The largest absolute Gasteiger partial charge is 0.478 e. The number of nitrogens with one attached hydrogen (secondary N) is 1. The van der Waals surface area contributed by atoms with E-state index in [2.05, 4.69) is 16.6 Å². The van der Waals surface area contributed by atoms with E-state index in [9.17, 15) is 4.79 Å². The molecule has 1 heterocycles. The highest BCUT2D eigenvalue weighted by molar-refractivity contribution is 7.99. The van der Waals surface area contributed by atoms with E-state index in [0.717, 1.165) is 12.8 Å². The minimum Gasteiger partial charge on any atom is -0.478 e. The number of aromatic nitrogens is 1. The van der Waals surface area contributed by atoms with E-state index in [1.807, 2.05) is 11.8 Å². The summed E-state index contributed by atoms with van der Waals surface area (Å²) in [7, 11) is 0. The second-order valence-corrected chi connectivity index (χ2v) is 6.27. The SMILES string of the molecule is CSC1CCCC(Nc2ncc(C(=O)O)cc2Cl)C1. The van der Waals surface area contributed by atoms with Crippen LogP contribution in [-0.4, -0.2) is 33.6 Å². The maximum absolute atomic E-state index is 10.8. The molecule has 104 valence electrons. The number of thioether (sulfide) groups is 1. The molecule has 1 aromatic heterocycles. The van der Waals surface area contributed by atoms with Crippen molar-refractivity contribution < 1.29 is 9.90 Å². The smallest absolute Gasteiger partial charge is 0.337 e. The van der Waals surface area contributed by atoms with Crippen LogP contribution in [0, 0.1) is 0 Å². The molecular formula is C13H17ClN2O2S. The number of hydrogen-bond donors (Lipinski definition) is 2. The Morgan fingerprint density at radius 1 is 1.58 bits per heavy atom. The van der Waals surface area contributed by atoms with E-state index in [1.54, 1.807) is 0 Å². The lowest BCUT2D eigenvalue weighted by Gasteiger charge is -2.29. The zero-order chi connectivity index (χ0) is 13.8. The van der Waals surface area contributed by atoms with Gasteiger partial charge in [0, 0.05) is 17.5 Å². The van der Waals surface area contributed by atoms with Crippen LogP contribution in [0.1, 0.15) is 36.0 Å². The molecule has 2 unspecified atom stereocenters. The normalized spacial score (nSPS) is 23.1. The monoisotopic (exact) mass is 300 g/mol. The first-order valence-corrected chi connectivity index (χ1v) is 7.95. The number of carboxylic acids is 1. The first kappa shape index (κ1) is 14.5. The van der Waals surface area contributed by atoms with E-state index in [4.69, 9.17) is 16.7 Å². The highest BCUT2D eigenvalue weighted by atomic mass is 35.5. The van der Waals surface area contributed by atoms with Gasteiger partial charge in [0.2, 0.25) is 0 Å². The van der Waals surface area contributed by atoms with Crippen molar-refractivity contribution in [2.75, 3.05) is 11.6 Å². The fraction of sp³-hybridized carbons (Fsp3) is 0.538. The maximum Gasteiger partial charge on any atom is 0.337 e. The molecule has 0 spiro atoms. The molecule has 0 bridgehead atoms. The molecule has 1 aliphatic carbocycles. The quantitative estimate of drug-likeness (QED) is 0.891. The summed E-state index contributed by atoms with van der Waals surface area (Å²) in [5.74, 6) is -0.431. The molecule has 6 heteroatoms. The Morgan fingerprint density at radius 3 is 3.00 bits per heavy atom. The van der Waals surface area contributed by atoms with Crippen LogP contribution in [0.2, 0.25) is 5.02 Å². The van der Waals surface area contributed by atoms with Gasteiger partial charge in [-0.15, -0.1) is 0 Å². The van der Waals surface area contributed by atoms with E-state index < -0.39 is 5.97 Å². The fourth-order valence-electron chi connectivity index (χ4n) is 2.34. The highest BCUT2D eigenvalue weighted by Gasteiger charge is 2.22. The van der Waals surface area contributed by atoms with Crippen LogP contribution in [0.5, 0.6) is 0 Å². The summed E-state index contributed by atoms with van der Waals surface area (Å²) < 4.78 is 0. The molecule has 2 N–H and O–H groups in total. The fourth-order valence-corrected chi connectivity index (χ4v) is 3.39. The van der Waals surface area contributed by atoms with Gasteiger partial charge in [-0.1, -0.05) is 18.0 Å². The third kappa shape index (κ3) is 3.76. The van der Waals surface area contributed by atoms with Crippen LogP contribution in [0.15, 0.2) is 12.3 Å². The van der Waals surface area contributed by atoms with Gasteiger partial charge in [0.15, 0.2) is 0 Å². The van der Waals surface area contributed by atoms with Crippen molar-refractivity contribution in [2.24, 2.45) is 0 Å². The van der Waals surface area contributed by atoms with Gasteiger partial charge >= 0.3 is 5.97 Å². The summed E-state index contributed by atoms with van der Waals surface area (Å²) in [6.45, 7) is 0. The average molecular weight is 301 g/mol. The molecule has 0 radical (unpaired) electrons. The minimum atomic E-state index is -1.01. The summed E-state index contributed by atoms with van der Waals surface area (Å²) in [5, 5.41) is 13.2. The number of pyridine rings is 1. The predicted molar refractivity (Wildman–Crippen MR) is 79.4 cm³/mol. The van der Waals surface area contributed by atoms with Gasteiger partial charge in [-0.3, -0.25) is 0 Å². The molecule has 2 atom stereocenters. The van der Waals surface area contributed by atoms with Gasteiger partial charge in [0.1, 0.15) is 5.82 Å². The first-order valence-electron chi connectivity index (χ1n) is 6.28. The number of hydrogen-bond acceptors (Lipinski definition) is 4. The Hall–Kier alpha value is -0.940. The third-order valence-electron chi connectivity index (χ3n) is 3.39. The zero-order valence-electron chi connectivity index (χ0n) is 10.7. The second-order valence-electron chi connectivity index (χ2n) is 4.73. The van der Waals surface area contributed by atoms with Gasteiger partial charge in [0.05, 0.1) is 10.6 Å². The summed E-state index contributed by atoms with van der Waals surface area (Å²) in [6.07, 6.45) is 8.15. The number of halogens is 1. The number of nitrogens with zero attached hydrogens (tertiary/aromatic N) is 1. The van der Waals surface area contributed by atoms with Crippen LogP contribution in [0.4, 0.5) is 5.82 Å². The Kier molecular flexibility index (Phi) is 4.93. The third-order valence-corrected chi connectivity index (χ3v) is 4.77. The number of aromatic carboxylic acids is 1. The summed E-state index contributed by atoms with van der Waals surface area (Å²) in [6, 6.07) is 1.81. The molecule has 1 aliphatic rings. The van der Waals surface area contributed by atoms with Crippen molar-refractivity contribution in [2.45, 2.75) is 37.0 Å². The van der Waals surface area contributed by atoms with Crippen LogP contribution in [-0.2, 0) is 0 Å². The van der Waals surface area contributed by atoms with E-state index in [1.165, 1.54) is 25.1 Å². The van der Waals surface area contributed by atoms with Crippen LogP contribution < -0.4 is 5.32 Å². The highest BCUT2D eigenvalue weighted by Crippen LogP contribution is 2.30. The van der Waals surface area contributed by atoms with Gasteiger partial charge in [-0.2, -0.15) is 11.8 Å². The van der Waals surface area contributed by atoms with Gasteiger partial charge in [-0.25, -0.2) is 9.78 Å². The molecule has 0 amide bonds. The van der Waals surface area contributed by atoms with E-state index in [0.29, 0.717) is 22.1 Å². The molecule has 0 aliphatic heterocycles. The minimum absolute atomic E-state index is 0.112. The van der Waals surface area contributed by atoms with Gasteiger partial charge in [0.25, 0.3) is 0 Å². The first-order chi connectivity index (χ1) is 9.10.